The number of amides is 1. The van der Waals surface area contributed by atoms with E-state index in [2.05, 4.69) is 15.3 Å². The number of hydrogen-bond acceptors (Lipinski definition) is 5. The van der Waals surface area contributed by atoms with Gasteiger partial charge in [0.05, 0.1) is 0 Å². The normalized spacial score (nSPS) is 19.1. The maximum atomic E-state index is 12.0. The second kappa shape index (κ2) is 4.80. The van der Waals surface area contributed by atoms with Crippen LogP contribution in [0.5, 0.6) is 0 Å². The van der Waals surface area contributed by atoms with Crippen molar-refractivity contribution in [1.29, 1.82) is 0 Å². The first kappa shape index (κ1) is 12.3. The van der Waals surface area contributed by atoms with Gasteiger partial charge >= 0.3 is 0 Å². The Morgan fingerprint density at radius 1 is 1.25 bits per heavy atom. The number of fused-ring (bicyclic) bond motifs is 1. The summed E-state index contributed by atoms with van der Waals surface area (Å²) in [5.74, 6) is 1.80. The zero-order chi connectivity index (χ0) is 13.5. The molecule has 1 amide bonds. The number of carbonyl (C=O) groups excluding carboxylic acids is 1. The molecule has 1 aliphatic carbocycles. The minimum atomic E-state index is 0.260. The fourth-order valence-corrected chi connectivity index (χ4v) is 3.55. The predicted molar refractivity (Wildman–Crippen MR) is 74.8 cm³/mol. The molecule has 6 nitrogen and oxygen atoms in total. The minimum absolute atomic E-state index is 0.260. The third-order valence-electron chi connectivity index (χ3n) is 4.01. The highest BCUT2D eigenvalue weighted by Gasteiger charge is 2.30. The van der Waals surface area contributed by atoms with Gasteiger partial charge in [0.1, 0.15) is 5.01 Å². The summed E-state index contributed by atoms with van der Waals surface area (Å²) in [5.41, 5.74) is 0. The highest BCUT2D eigenvalue weighted by Crippen LogP contribution is 2.39. The monoisotopic (exact) mass is 291 g/mol. The van der Waals surface area contributed by atoms with Crippen molar-refractivity contribution in [2.75, 3.05) is 13.1 Å². The van der Waals surface area contributed by atoms with Crippen LogP contribution < -0.4 is 0 Å². The van der Waals surface area contributed by atoms with Gasteiger partial charge in [-0.1, -0.05) is 11.3 Å². The third-order valence-corrected chi connectivity index (χ3v) is 4.97. The van der Waals surface area contributed by atoms with E-state index in [1.165, 1.54) is 12.8 Å². The van der Waals surface area contributed by atoms with E-state index < -0.39 is 0 Å². The zero-order valence-corrected chi connectivity index (χ0v) is 12.1. The van der Waals surface area contributed by atoms with Gasteiger partial charge in [0, 0.05) is 31.8 Å². The quantitative estimate of drug-likeness (QED) is 0.858. The summed E-state index contributed by atoms with van der Waals surface area (Å²) >= 11 is 1.56. The average Bonchev–Trinajstić information content (AvgIpc) is 2.91. The van der Waals surface area contributed by atoms with Crippen molar-refractivity contribution in [2.24, 2.45) is 0 Å². The lowest BCUT2D eigenvalue weighted by Crippen LogP contribution is -2.27. The molecule has 1 saturated heterocycles. The molecule has 20 heavy (non-hydrogen) atoms. The molecule has 0 radical (unpaired) electrons. The maximum absolute atomic E-state index is 12.0. The molecule has 0 atom stereocenters. The molecular formula is C13H17N5OS. The summed E-state index contributed by atoms with van der Waals surface area (Å²) < 4.78 is 1.87. The average molecular weight is 291 g/mol. The van der Waals surface area contributed by atoms with E-state index in [4.69, 9.17) is 0 Å². The lowest BCUT2D eigenvalue weighted by atomic mass is 10.3. The molecule has 0 unspecified atom stereocenters. The zero-order valence-electron chi connectivity index (χ0n) is 11.3. The van der Waals surface area contributed by atoms with Gasteiger partial charge < -0.3 is 4.90 Å². The Labute approximate surface area is 120 Å². The molecule has 2 aromatic rings. The standard InChI is InChI=1S/C13H17N5OS/c19-11(17-7-1-2-8-17)6-5-10-16-18-12(9-3-4-9)14-15-13(18)20-10/h9H,1-8H2. The number of likely N-dealkylation sites (tertiary alicyclic amines) is 1. The van der Waals surface area contributed by atoms with Crippen molar-refractivity contribution in [2.45, 2.75) is 44.4 Å². The topological polar surface area (TPSA) is 63.4 Å². The number of carbonyl (C=O) groups is 1. The SMILES string of the molecule is O=C(CCc1nn2c(C3CC3)nnc2s1)N1CCCC1. The molecule has 7 heteroatoms. The Bertz CT molecular complexity index is 638. The predicted octanol–water partition coefficient (Wildman–Crippen LogP) is 1.62. The Morgan fingerprint density at radius 3 is 2.80 bits per heavy atom. The maximum Gasteiger partial charge on any atom is 0.234 e. The van der Waals surface area contributed by atoms with E-state index in [9.17, 15) is 4.79 Å². The summed E-state index contributed by atoms with van der Waals surface area (Å²) in [4.78, 5) is 14.9. The molecule has 1 saturated carbocycles. The van der Waals surface area contributed by atoms with Crippen molar-refractivity contribution in [1.82, 2.24) is 24.7 Å². The van der Waals surface area contributed by atoms with Crippen LogP contribution in [-0.2, 0) is 11.2 Å². The Balaban J connectivity index is 1.44. The van der Waals surface area contributed by atoms with Gasteiger partial charge in [-0.05, 0) is 25.7 Å². The van der Waals surface area contributed by atoms with Crippen LogP contribution in [-0.4, -0.2) is 43.7 Å². The van der Waals surface area contributed by atoms with Crippen LogP contribution in [0.25, 0.3) is 4.96 Å². The Hall–Kier alpha value is -1.50. The van der Waals surface area contributed by atoms with Crippen LogP contribution in [0, 0.1) is 0 Å². The summed E-state index contributed by atoms with van der Waals surface area (Å²) in [6.07, 6.45) is 5.96. The van der Waals surface area contributed by atoms with E-state index >= 15 is 0 Å². The molecule has 106 valence electrons. The largest absolute Gasteiger partial charge is 0.343 e. The number of nitrogens with zero attached hydrogens (tertiary/aromatic N) is 5. The van der Waals surface area contributed by atoms with E-state index in [0.717, 1.165) is 41.7 Å². The van der Waals surface area contributed by atoms with E-state index in [-0.39, 0.29) is 5.91 Å². The number of aryl methyl sites for hydroxylation is 1. The first-order chi connectivity index (χ1) is 9.81. The van der Waals surface area contributed by atoms with Gasteiger partial charge in [0.2, 0.25) is 10.9 Å². The van der Waals surface area contributed by atoms with Crippen molar-refractivity contribution < 1.29 is 4.79 Å². The van der Waals surface area contributed by atoms with Crippen LogP contribution in [0.15, 0.2) is 0 Å². The summed E-state index contributed by atoms with van der Waals surface area (Å²) in [7, 11) is 0. The molecule has 0 bridgehead atoms. The first-order valence-electron chi connectivity index (χ1n) is 7.30. The Morgan fingerprint density at radius 2 is 2.05 bits per heavy atom. The highest BCUT2D eigenvalue weighted by atomic mass is 32.1. The molecule has 0 N–H and O–H groups in total. The molecule has 0 spiro atoms. The van der Waals surface area contributed by atoms with Gasteiger partial charge in [-0.15, -0.1) is 10.2 Å². The van der Waals surface area contributed by atoms with Crippen LogP contribution in [0.3, 0.4) is 0 Å². The molecular weight excluding hydrogens is 274 g/mol. The van der Waals surface area contributed by atoms with E-state index in [0.29, 0.717) is 18.8 Å². The molecule has 1 aliphatic heterocycles. The van der Waals surface area contributed by atoms with E-state index in [1.54, 1.807) is 11.3 Å². The van der Waals surface area contributed by atoms with Gasteiger partial charge in [-0.2, -0.15) is 9.61 Å². The van der Waals surface area contributed by atoms with Crippen molar-refractivity contribution in [3.63, 3.8) is 0 Å². The second-order valence-corrected chi connectivity index (χ2v) is 6.65. The van der Waals surface area contributed by atoms with Crippen LogP contribution in [0.2, 0.25) is 0 Å². The first-order valence-corrected chi connectivity index (χ1v) is 8.12. The third kappa shape index (κ3) is 2.19. The van der Waals surface area contributed by atoms with Gasteiger partial charge in [0.15, 0.2) is 5.82 Å². The van der Waals surface area contributed by atoms with E-state index in [1.807, 2.05) is 9.42 Å². The minimum Gasteiger partial charge on any atom is -0.343 e. The molecule has 3 heterocycles. The van der Waals surface area contributed by atoms with Crippen molar-refractivity contribution >= 4 is 22.2 Å². The fourth-order valence-electron chi connectivity index (χ4n) is 2.71. The van der Waals surface area contributed by atoms with Crippen LogP contribution in [0.1, 0.15) is 48.9 Å². The number of rotatable bonds is 4. The lowest BCUT2D eigenvalue weighted by Gasteiger charge is -2.14. The summed E-state index contributed by atoms with van der Waals surface area (Å²) in [6.45, 7) is 1.85. The molecule has 4 rings (SSSR count). The molecule has 2 aromatic heterocycles. The van der Waals surface area contributed by atoms with Crippen LogP contribution >= 0.6 is 11.3 Å². The highest BCUT2D eigenvalue weighted by molar-refractivity contribution is 7.16. The van der Waals surface area contributed by atoms with Gasteiger partial charge in [0.25, 0.3) is 0 Å². The summed E-state index contributed by atoms with van der Waals surface area (Å²) in [6, 6.07) is 0. The smallest absolute Gasteiger partial charge is 0.234 e. The summed E-state index contributed by atoms with van der Waals surface area (Å²) in [5, 5.41) is 13.9. The lowest BCUT2D eigenvalue weighted by molar-refractivity contribution is -0.130. The fraction of sp³-hybridized carbons (Fsp3) is 0.692. The molecule has 0 aromatic carbocycles. The number of hydrogen-bond donors (Lipinski definition) is 0. The van der Waals surface area contributed by atoms with Gasteiger partial charge in [-0.3, -0.25) is 4.79 Å². The van der Waals surface area contributed by atoms with Crippen LogP contribution in [0.4, 0.5) is 0 Å². The van der Waals surface area contributed by atoms with Crippen molar-refractivity contribution in [3.8, 4) is 0 Å². The molecule has 2 aliphatic rings. The number of aromatic nitrogens is 4. The van der Waals surface area contributed by atoms with Crippen molar-refractivity contribution in [3.05, 3.63) is 10.8 Å². The second-order valence-electron chi connectivity index (χ2n) is 5.61. The van der Waals surface area contributed by atoms with Gasteiger partial charge in [-0.25, -0.2) is 0 Å². The Kier molecular flexibility index (Phi) is 2.94. The molecule has 2 fully saturated rings.